The summed E-state index contributed by atoms with van der Waals surface area (Å²) in [6.07, 6.45) is -0.252. The van der Waals surface area contributed by atoms with Crippen LogP contribution in [0.4, 0.5) is 5.95 Å². The number of carbonyl (C=O) groups is 2. The van der Waals surface area contributed by atoms with Crippen LogP contribution in [0.5, 0.6) is 17.2 Å². The number of anilines is 1. The molecule has 2 aromatic heterocycles. The highest BCUT2D eigenvalue weighted by Gasteiger charge is 2.38. The number of ketones is 2. The summed E-state index contributed by atoms with van der Waals surface area (Å²) >= 11 is 0. The SMILES string of the molecule is COC1=C(O)c2oc(Cn3nnc(N)n3)c(C(=O)c3cc(OC)c(OC)c(OC)c3)c2C(=O)C1. The lowest BCUT2D eigenvalue weighted by molar-refractivity contribution is 0.0951. The number of furan rings is 1. The van der Waals surface area contributed by atoms with E-state index >= 15 is 0 Å². The number of aromatic nitrogens is 4. The first kappa shape index (κ1) is 22.6. The van der Waals surface area contributed by atoms with Crippen LogP contribution in [0.1, 0.15) is 44.2 Å². The predicted molar refractivity (Wildman–Crippen MR) is 115 cm³/mol. The van der Waals surface area contributed by atoms with E-state index in [0.29, 0.717) is 5.75 Å². The molecule has 0 saturated carbocycles. The Labute approximate surface area is 192 Å². The largest absolute Gasteiger partial charge is 0.502 e. The van der Waals surface area contributed by atoms with Crippen LogP contribution < -0.4 is 19.9 Å². The molecule has 0 atom stereocenters. The highest BCUT2D eigenvalue weighted by atomic mass is 16.5. The molecule has 0 fully saturated rings. The summed E-state index contributed by atoms with van der Waals surface area (Å²) in [5, 5.41) is 21.9. The molecule has 0 bridgehead atoms. The quantitative estimate of drug-likeness (QED) is 0.455. The van der Waals surface area contributed by atoms with Crippen LogP contribution in [0, 0.1) is 0 Å². The number of nitrogens with two attached hydrogens (primary N) is 1. The van der Waals surface area contributed by atoms with Gasteiger partial charge >= 0.3 is 0 Å². The van der Waals surface area contributed by atoms with Crippen molar-refractivity contribution in [1.82, 2.24) is 20.2 Å². The van der Waals surface area contributed by atoms with Gasteiger partial charge in [0.1, 0.15) is 18.1 Å². The highest BCUT2D eigenvalue weighted by molar-refractivity contribution is 6.19. The van der Waals surface area contributed by atoms with E-state index in [1.807, 2.05) is 0 Å². The molecule has 13 nitrogen and oxygen atoms in total. The van der Waals surface area contributed by atoms with Crippen LogP contribution in [-0.2, 0) is 11.3 Å². The van der Waals surface area contributed by atoms with Crippen molar-refractivity contribution >= 4 is 23.3 Å². The molecule has 0 radical (unpaired) electrons. The minimum atomic E-state index is -0.589. The Bertz CT molecular complexity index is 1300. The van der Waals surface area contributed by atoms with Crippen LogP contribution in [0.3, 0.4) is 0 Å². The maximum absolute atomic E-state index is 13.8. The van der Waals surface area contributed by atoms with Gasteiger partial charge in [-0.2, -0.15) is 4.80 Å². The Hall–Kier alpha value is -4.55. The van der Waals surface area contributed by atoms with Crippen LogP contribution in [0.2, 0.25) is 0 Å². The van der Waals surface area contributed by atoms with E-state index in [-0.39, 0.29) is 70.1 Å². The number of hydrogen-bond donors (Lipinski definition) is 2. The molecule has 1 aliphatic carbocycles. The second-order valence-corrected chi connectivity index (χ2v) is 7.10. The minimum Gasteiger partial charge on any atom is -0.502 e. The van der Waals surface area contributed by atoms with Crippen molar-refractivity contribution in [3.05, 3.63) is 46.1 Å². The average molecular weight is 471 g/mol. The number of hydrogen-bond acceptors (Lipinski definition) is 12. The zero-order valence-corrected chi connectivity index (χ0v) is 18.7. The van der Waals surface area contributed by atoms with Crippen molar-refractivity contribution in [2.45, 2.75) is 13.0 Å². The van der Waals surface area contributed by atoms with Gasteiger partial charge < -0.3 is 34.2 Å². The number of Topliss-reactive ketones (excluding diaryl/α,β-unsaturated/α-hetero) is 1. The maximum atomic E-state index is 13.8. The first-order chi connectivity index (χ1) is 16.3. The van der Waals surface area contributed by atoms with Crippen molar-refractivity contribution < 1.29 is 38.1 Å². The molecule has 13 heteroatoms. The smallest absolute Gasteiger partial charge is 0.260 e. The van der Waals surface area contributed by atoms with Gasteiger partial charge in [0.05, 0.1) is 46.0 Å². The molecular weight excluding hydrogens is 450 g/mol. The van der Waals surface area contributed by atoms with E-state index in [1.54, 1.807) is 0 Å². The van der Waals surface area contributed by atoms with Gasteiger partial charge in [0.15, 0.2) is 34.6 Å². The van der Waals surface area contributed by atoms with Crippen LogP contribution in [0.25, 0.3) is 5.76 Å². The summed E-state index contributed by atoms with van der Waals surface area (Å²) in [7, 11) is 5.58. The zero-order valence-electron chi connectivity index (χ0n) is 18.7. The molecule has 0 aliphatic heterocycles. The molecule has 4 rings (SSSR count). The monoisotopic (exact) mass is 471 g/mol. The molecule has 3 aromatic rings. The third kappa shape index (κ3) is 3.66. The van der Waals surface area contributed by atoms with Crippen molar-refractivity contribution in [1.29, 1.82) is 0 Å². The van der Waals surface area contributed by atoms with Gasteiger partial charge in [0.25, 0.3) is 5.95 Å². The number of aliphatic hydroxyl groups excluding tert-OH is 1. The number of nitrogen functional groups attached to an aromatic ring is 1. The number of benzene rings is 1. The van der Waals surface area contributed by atoms with Gasteiger partial charge in [-0.1, -0.05) is 5.10 Å². The standard InChI is InChI=1S/C21H21N5O8/c1-30-11-7-10(27)15-16(14(34-20(15)18(11)29)8-26-24-21(22)23-25-26)17(28)9-5-12(31-2)19(33-4)13(6-9)32-3/h5-6,29H,7-8H2,1-4H3,(H2,22,24). The van der Waals surface area contributed by atoms with E-state index in [1.165, 1.54) is 40.6 Å². The van der Waals surface area contributed by atoms with Gasteiger partial charge in [-0.3, -0.25) is 9.59 Å². The molecular formula is C21H21N5O8. The Kier molecular flexibility index (Phi) is 5.84. The third-order valence-electron chi connectivity index (χ3n) is 5.21. The summed E-state index contributed by atoms with van der Waals surface area (Å²) in [6, 6.07) is 2.89. The summed E-state index contributed by atoms with van der Waals surface area (Å²) in [4.78, 5) is 27.8. The third-order valence-corrected chi connectivity index (χ3v) is 5.21. The molecule has 0 spiro atoms. The van der Waals surface area contributed by atoms with Crippen molar-refractivity contribution in [2.75, 3.05) is 34.2 Å². The number of rotatable bonds is 8. The second-order valence-electron chi connectivity index (χ2n) is 7.10. The number of fused-ring (bicyclic) bond motifs is 1. The van der Waals surface area contributed by atoms with Gasteiger partial charge in [-0.15, -0.1) is 5.10 Å². The average Bonchev–Trinajstić information content (AvgIpc) is 3.43. The molecule has 178 valence electrons. The lowest BCUT2D eigenvalue weighted by Crippen LogP contribution is -2.17. The number of ether oxygens (including phenoxy) is 4. The fourth-order valence-electron chi connectivity index (χ4n) is 3.68. The predicted octanol–water partition coefficient (Wildman–Crippen LogP) is 1.61. The first-order valence-electron chi connectivity index (χ1n) is 9.86. The molecule has 3 N–H and O–H groups in total. The Balaban J connectivity index is 1.92. The summed E-state index contributed by atoms with van der Waals surface area (Å²) in [6.45, 7) is -0.189. The second kappa shape index (κ2) is 8.77. The topological polar surface area (TPSA) is 174 Å². The molecule has 0 amide bonds. The number of aliphatic hydroxyl groups is 1. The molecule has 1 aromatic carbocycles. The van der Waals surface area contributed by atoms with Crippen LogP contribution >= 0.6 is 0 Å². The molecule has 1 aliphatic rings. The zero-order chi connectivity index (χ0) is 24.6. The lowest BCUT2D eigenvalue weighted by Gasteiger charge is -2.15. The number of nitrogens with zero attached hydrogens (tertiary/aromatic N) is 4. The van der Waals surface area contributed by atoms with Crippen LogP contribution in [-0.4, -0.2) is 65.3 Å². The van der Waals surface area contributed by atoms with E-state index < -0.39 is 11.6 Å². The fraction of sp³-hybridized carbons (Fsp3) is 0.286. The number of methoxy groups -OCH3 is 4. The van der Waals surface area contributed by atoms with Gasteiger partial charge in [0.2, 0.25) is 5.75 Å². The van der Waals surface area contributed by atoms with Gasteiger partial charge in [0, 0.05) is 5.56 Å². The number of tetrazole rings is 1. The normalized spacial score (nSPS) is 13.0. The van der Waals surface area contributed by atoms with Crippen molar-refractivity contribution in [3.63, 3.8) is 0 Å². The molecule has 2 heterocycles. The van der Waals surface area contributed by atoms with Crippen molar-refractivity contribution in [2.24, 2.45) is 0 Å². The number of carbonyl (C=O) groups excluding carboxylic acids is 2. The molecule has 0 unspecified atom stereocenters. The molecule has 34 heavy (non-hydrogen) atoms. The summed E-state index contributed by atoms with van der Waals surface area (Å²) < 4.78 is 26.9. The first-order valence-corrected chi connectivity index (χ1v) is 9.86. The Morgan fingerprint density at radius 3 is 2.35 bits per heavy atom. The van der Waals surface area contributed by atoms with Crippen LogP contribution in [0.15, 0.2) is 22.3 Å². The van der Waals surface area contributed by atoms with E-state index in [4.69, 9.17) is 29.1 Å². The summed E-state index contributed by atoms with van der Waals surface area (Å²) in [5.41, 5.74) is 5.49. The maximum Gasteiger partial charge on any atom is 0.260 e. The van der Waals surface area contributed by atoms with E-state index in [0.717, 1.165) is 4.80 Å². The highest BCUT2D eigenvalue weighted by Crippen LogP contribution is 2.41. The van der Waals surface area contributed by atoms with E-state index in [2.05, 4.69) is 15.4 Å². The molecule has 0 saturated heterocycles. The fourth-order valence-corrected chi connectivity index (χ4v) is 3.68. The lowest BCUT2D eigenvalue weighted by atomic mass is 9.91. The summed E-state index contributed by atoms with van der Waals surface area (Å²) in [5.74, 6) is -0.910. The Morgan fingerprint density at radius 1 is 1.15 bits per heavy atom. The Morgan fingerprint density at radius 2 is 1.82 bits per heavy atom. The van der Waals surface area contributed by atoms with Gasteiger partial charge in [-0.25, -0.2) is 0 Å². The van der Waals surface area contributed by atoms with E-state index in [9.17, 15) is 14.7 Å². The number of allylic oxidation sites excluding steroid dienone is 1. The van der Waals surface area contributed by atoms with Crippen molar-refractivity contribution in [3.8, 4) is 17.2 Å². The minimum absolute atomic E-state index is 0.0124. The van der Waals surface area contributed by atoms with Gasteiger partial charge in [-0.05, 0) is 17.3 Å².